The summed E-state index contributed by atoms with van der Waals surface area (Å²) in [5.41, 5.74) is 3.49. The highest BCUT2D eigenvalue weighted by atomic mass is 19.1. The van der Waals surface area contributed by atoms with E-state index in [4.69, 9.17) is 0 Å². The van der Waals surface area contributed by atoms with Gasteiger partial charge in [0, 0.05) is 42.3 Å². The molecule has 1 aromatic carbocycles. The molecule has 0 aliphatic heterocycles. The quantitative estimate of drug-likeness (QED) is 0.413. The Hall–Kier alpha value is -3.33. The molecule has 0 atom stereocenters. The molecule has 2 aromatic rings. The Morgan fingerprint density at radius 1 is 1.09 bits per heavy atom. The first-order valence-corrected chi connectivity index (χ1v) is 11.7. The Morgan fingerprint density at radius 3 is 2.26 bits per heavy atom. The zero-order valence-corrected chi connectivity index (χ0v) is 19.8. The molecule has 1 heterocycles. The third-order valence-corrected chi connectivity index (χ3v) is 7.26. The average Bonchev–Trinajstić information content (AvgIpc) is 2.77. The number of hydrogen-bond acceptors (Lipinski definition) is 4. The fourth-order valence-electron chi connectivity index (χ4n) is 5.69. The number of amides is 1. The van der Waals surface area contributed by atoms with Gasteiger partial charge in [-0.1, -0.05) is 5.92 Å². The van der Waals surface area contributed by atoms with Crippen LogP contribution in [0.3, 0.4) is 0 Å². The number of rotatable bonds is 3. The highest BCUT2D eigenvalue weighted by Crippen LogP contribution is 2.49. The summed E-state index contributed by atoms with van der Waals surface area (Å²) in [6.45, 7) is 5.67. The predicted octanol–water partition coefficient (Wildman–Crippen LogP) is 4.58. The normalized spacial score (nSPS) is 24.5. The van der Waals surface area contributed by atoms with Gasteiger partial charge in [0.05, 0.1) is 0 Å². The minimum absolute atomic E-state index is 0.00785. The van der Waals surface area contributed by atoms with Gasteiger partial charge in [0.15, 0.2) is 0 Å². The van der Waals surface area contributed by atoms with E-state index in [1.54, 1.807) is 6.92 Å². The highest BCUT2D eigenvalue weighted by Gasteiger charge is 2.47. The average molecular weight is 461 g/mol. The Kier molecular flexibility index (Phi) is 6.65. The van der Waals surface area contributed by atoms with Crippen LogP contribution in [-0.4, -0.2) is 28.5 Å². The molecule has 1 N–H and O–H groups in total. The van der Waals surface area contributed by atoms with Gasteiger partial charge in [-0.2, -0.15) is 4.39 Å². The summed E-state index contributed by atoms with van der Waals surface area (Å²) >= 11 is 0. The van der Waals surface area contributed by atoms with Crippen LogP contribution in [0.4, 0.5) is 4.39 Å². The van der Waals surface area contributed by atoms with E-state index in [9.17, 15) is 18.8 Å². The van der Waals surface area contributed by atoms with E-state index in [0.717, 1.165) is 28.3 Å². The number of ketones is 2. The van der Waals surface area contributed by atoms with Crippen molar-refractivity contribution in [2.24, 2.45) is 5.41 Å². The summed E-state index contributed by atoms with van der Waals surface area (Å²) in [6.07, 6.45) is 4.82. The van der Waals surface area contributed by atoms with E-state index < -0.39 is 11.9 Å². The third-order valence-electron chi connectivity index (χ3n) is 7.26. The summed E-state index contributed by atoms with van der Waals surface area (Å²) in [5, 5.41) is 2.96. The van der Waals surface area contributed by atoms with Crippen molar-refractivity contribution < 1.29 is 18.8 Å². The molecule has 0 saturated heterocycles. The Bertz CT molecular complexity index is 1170. The zero-order valence-electron chi connectivity index (χ0n) is 19.8. The van der Waals surface area contributed by atoms with Gasteiger partial charge in [0.25, 0.3) is 5.91 Å². The number of Topliss-reactive ketones (excluding diaryl/α,β-unsaturated/α-hetero) is 2. The fourth-order valence-corrected chi connectivity index (χ4v) is 5.69. The van der Waals surface area contributed by atoms with Gasteiger partial charge in [-0.3, -0.25) is 14.4 Å². The van der Waals surface area contributed by atoms with Crippen LogP contribution in [0, 0.1) is 37.1 Å². The molecule has 1 spiro atoms. The van der Waals surface area contributed by atoms with E-state index in [1.165, 1.54) is 12.3 Å². The molecular weight excluding hydrogens is 431 g/mol. The maximum absolute atomic E-state index is 13.3. The van der Waals surface area contributed by atoms with Crippen molar-refractivity contribution in [3.63, 3.8) is 0 Å². The number of aryl methyl sites for hydroxylation is 2. The van der Waals surface area contributed by atoms with Crippen LogP contribution in [-0.2, 0) is 9.59 Å². The lowest BCUT2D eigenvalue weighted by Crippen LogP contribution is -2.45. The largest absolute Gasteiger partial charge is 0.349 e. The first-order chi connectivity index (χ1) is 16.2. The van der Waals surface area contributed by atoms with Crippen molar-refractivity contribution in [1.82, 2.24) is 10.3 Å². The minimum atomic E-state index is -0.701. The van der Waals surface area contributed by atoms with E-state index >= 15 is 0 Å². The van der Waals surface area contributed by atoms with Crippen LogP contribution in [0.5, 0.6) is 0 Å². The van der Waals surface area contributed by atoms with Gasteiger partial charge in [-0.15, -0.1) is 5.92 Å². The van der Waals surface area contributed by atoms with Gasteiger partial charge in [-0.25, -0.2) is 4.98 Å². The van der Waals surface area contributed by atoms with Crippen molar-refractivity contribution in [2.45, 2.75) is 71.3 Å². The van der Waals surface area contributed by atoms with Crippen LogP contribution in [0.25, 0.3) is 0 Å². The minimum Gasteiger partial charge on any atom is -0.349 e. The van der Waals surface area contributed by atoms with Crippen molar-refractivity contribution in [3.05, 3.63) is 64.2 Å². The lowest BCUT2D eigenvalue weighted by molar-refractivity contribution is -0.138. The molecule has 1 amide bonds. The van der Waals surface area contributed by atoms with Gasteiger partial charge in [-0.05, 0) is 86.8 Å². The number of nitrogens with zero attached hydrogens (tertiary/aromatic N) is 1. The molecular formula is C28H29FN2O3. The molecule has 2 aliphatic carbocycles. The monoisotopic (exact) mass is 460 g/mol. The number of aromatic nitrogens is 1. The van der Waals surface area contributed by atoms with Gasteiger partial charge < -0.3 is 5.32 Å². The number of halogens is 1. The van der Waals surface area contributed by atoms with E-state index in [-0.39, 0.29) is 34.5 Å². The Balaban J connectivity index is 1.43. The van der Waals surface area contributed by atoms with E-state index in [2.05, 4.69) is 22.1 Å². The second kappa shape index (κ2) is 9.50. The molecule has 2 aliphatic rings. The van der Waals surface area contributed by atoms with E-state index in [0.29, 0.717) is 38.5 Å². The number of carbonyl (C=O) groups is 3. The van der Waals surface area contributed by atoms with Crippen molar-refractivity contribution in [3.8, 4) is 11.8 Å². The Morgan fingerprint density at radius 2 is 1.71 bits per heavy atom. The zero-order chi connectivity index (χ0) is 24.5. The smallest absolute Gasteiger partial charge is 0.251 e. The Labute approximate surface area is 199 Å². The maximum atomic E-state index is 13.3. The predicted molar refractivity (Wildman–Crippen MR) is 127 cm³/mol. The highest BCUT2D eigenvalue weighted by molar-refractivity contribution is 6.10. The molecule has 0 radical (unpaired) electrons. The van der Waals surface area contributed by atoms with Gasteiger partial charge in [0.2, 0.25) is 5.95 Å². The van der Waals surface area contributed by atoms with Crippen LogP contribution in [0.15, 0.2) is 30.5 Å². The molecule has 5 nitrogen and oxygen atoms in total. The molecule has 0 unspecified atom stereocenters. The molecule has 2 fully saturated rings. The molecule has 6 heteroatoms. The molecule has 4 rings (SSSR count). The maximum Gasteiger partial charge on any atom is 0.251 e. The van der Waals surface area contributed by atoms with Gasteiger partial charge >= 0.3 is 0 Å². The molecule has 34 heavy (non-hydrogen) atoms. The summed E-state index contributed by atoms with van der Waals surface area (Å²) in [7, 11) is 0. The van der Waals surface area contributed by atoms with Crippen molar-refractivity contribution in [2.75, 3.05) is 0 Å². The fraction of sp³-hybridized carbons (Fsp3) is 0.429. The van der Waals surface area contributed by atoms with Crippen LogP contribution < -0.4 is 5.32 Å². The topological polar surface area (TPSA) is 76.1 Å². The molecule has 0 bridgehead atoms. The molecule has 1 aromatic heterocycles. The van der Waals surface area contributed by atoms with Crippen LogP contribution in [0.2, 0.25) is 0 Å². The first kappa shape index (κ1) is 23.8. The first-order valence-electron chi connectivity index (χ1n) is 11.7. The van der Waals surface area contributed by atoms with Crippen molar-refractivity contribution >= 4 is 17.5 Å². The molecule has 2 saturated carbocycles. The lowest BCUT2D eigenvalue weighted by atomic mass is 9.60. The second-order valence-corrected chi connectivity index (χ2v) is 9.73. The summed E-state index contributed by atoms with van der Waals surface area (Å²) in [6, 6.07) is 6.43. The standard InChI is InChI=1S/C28H29FN2O3/c1-4-5-19-12-17(2)25(18(3)13-19)26-22(32)15-28(16-23(26)33)9-6-21(7-10-28)31-27(34)20-8-11-30-24(29)14-20/h8,11-14,21,26H,6-7,9-10,15-16H2,1-3H3,(H,31,34). The number of pyridine rings is 1. The number of nitrogens with one attached hydrogen (secondary N) is 1. The third kappa shape index (κ3) is 4.79. The number of hydrogen-bond donors (Lipinski definition) is 1. The van der Waals surface area contributed by atoms with E-state index in [1.807, 2.05) is 26.0 Å². The van der Waals surface area contributed by atoms with Crippen LogP contribution >= 0.6 is 0 Å². The number of benzene rings is 1. The summed E-state index contributed by atoms with van der Waals surface area (Å²) < 4.78 is 13.3. The van der Waals surface area contributed by atoms with Gasteiger partial charge in [0.1, 0.15) is 17.5 Å². The SMILES string of the molecule is CC#Cc1cc(C)c(C2C(=O)CC3(CCC(NC(=O)c4ccnc(F)c4)CC3)CC2=O)c(C)c1. The van der Waals surface area contributed by atoms with Crippen LogP contribution in [0.1, 0.15) is 84.0 Å². The second-order valence-electron chi connectivity index (χ2n) is 9.73. The van der Waals surface area contributed by atoms with Crippen molar-refractivity contribution in [1.29, 1.82) is 0 Å². The lowest BCUT2D eigenvalue weighted by Gasteiger charge is -2.43. The summed E-state index contributed by atoms with van der Waals surface area (Å²) in [4.78, 5) is 42.5. The summed E-state index contributed by atoms with van der Waals surface area (Å²) in [5.74, 6) is 4.20. The number of carbonyl (C=O) groups excluding carboxylic acids is 3. The molecule has 176 valence electrons.